The predicted molar refractivity (Wildman–Crippen MR) is 109 cm³/mol. The molecule has 0 saturated carbocycles. The Hall–Kier alpha value is -3.58. The highest BCUT2D eigenvalue weighted by atomic mass is 16.6. The minimum absolute atomic E-state index is 0.0596. The van der Waals surface area contributed by atoms with Gasteiger partial charge in [0.1, 0.15) is 24.9 Å². The number of benzene rings is 1. The van der Waals surface area contributed by atoms with Crippen molar-refractivity contribution in [1.29, 1.82) is 5.26 Å². The molecule has 2 aromatic rings. The Labute approximate surface area is 177 Å². The Bertz CT molecular complexity index is 1120. The molecule has 1 amide bonds. The average Bonchev–Trinajstić information content (AvgIpc) is 3.30. The first-order valence-electron chi connectivity index (χ1n) is 10.2. The molecule has 160 valence electrons. The lowest BCUT2D eigenvalue weighted by Crippen LogP contribution is -2.38. The van der Waals surface area contributed by atoms with Crippen LogP contribution in [-0.2, 0) is 9.53 Å². The number of hydrogen-bond donors (Lipinski definition) is 3. The van der Waals surface area contributed by atoms with Crippen LogP contribution >= 0.6 is 0 Å². The van der Waals surface area contributed by atoms with E-state index < -0.39 is 23.3 Å². The van der Waals surface area contributed by atoms with E-state index in [0.717, 1.165) is 19.4 Å². The zero-order chi connectivity index (χ0) is 21.4. The molecule has 3 N–H and O–H groups in total. The van der Waals surface area contributed by atoms with Crippen LogP contribution in [0.4, 0.5) is 11.8 Å². The molecule has 0 spiro atoms. The number of aromatic amines is 1. The van der Waals surface area contributed by atoms with Crippen molar-refractivity contribution in [3.63, 3.8) is 0 Å². The molecule has 1 aromatic heterocycles. The Morgan fingerprint density at radius 3 is 2.81 bits per heavy atom. The Balaban J connectivity index is 1.52. The Morgan fingerprint density at radius 2 is 2.03 bits per heavy atom. The summed E-state index contributed by atoms with van der Waals surface area (Å²) < 4.78 is 16.8. The summed E-state index contributed by atoms with van der Waals surface area (Å²) >= 11 is 0. The van der Waals surface area contributed by atoms with E-state index in [-0.39, 0.29) is 23.4 Å². The molecule has 3 unspecified atom stereocenters. The molecule has 0 bridgehead atoms. The fourth-order valence-electron chi connectivity index (χ4n) is 4.22. The van der Waals surface area contributed by atoms with Crippen LogP contribution in [0.1, 0.15) is 29.9 Å². The summed E-state index contributed by atoms with van der Waals surface area (Å²) in [4.78, 5) is 32.8. The molecule has 0 radical (unpaired) electrons. The van der Waals surface area contributed by atoms with Crippen LogP contribution in [0.5, 0.6) is 11.5 Å². The van der Waals surface area contributed by atoms with Crippen LogP contribution in [0.2, 0.25) is 0 Å². The van der Waals surface area contributed by atoms with Crippen molar-refractivity contribution in [3.05, 3.63) is 39.7 Å². The number of nitrogens with one attached hydrogen (secondary N) is 3. The number of anilines is 2. The zero-order valence-corrected chi connectivity index (χ0v) is 16.6. The highest BCUT2D eigenvalue weighted by molar-refractivity contribution is 5.98. The topological polar surface area (TPSA) is 138 Å². The quantitative estimate of drug-likeness (QED) is 0.670. The first-order chi connectivity index (χ1) is 15.1. The number of hydrogen-bond acceptors (Lipinski definition) is 8. The largest absolute Gasteiger partial charge is 0.486 e. The molecule has 3 aliphatic rings. The molecule has 1 fully saturated rings. The highest BCUT2D eigenvalue weighted by Crippen LogP contribution is 2.41. The van der Waals surface area contributed by atoms with E-state index >= 15 is 0 Å². The van der Waals surface area contributed by atoms with Gasteiger partial charge in [-0.05, 0) is 30.5 Å². The van der Waals surface area contributed by atoms with Gasteiger partial charge in [0.2, 0.25) is 11.9 Å². The maximum absolute atomic E-state index is 13.0. The number of fused-ring (bicyclic) bond motifs is 2. The molecule has 3 atom stereocenters. The predicted octanol–water partition coefficient (Wildman–Crippen LogP) is 1.36. The number of amides is 1. The molecule has 3 aliphatic heterocycles. The lowest BCUT2D eigenvalue weighted by Gasteiger charge is -2.29. The number of H-pyrrole nitrogens is 1. The van der Waals surface area contributed by atoms with Crippen LogP contribution in [0.3, 0.4) is 0 Å². The number of aromatic nitrogens is 2. The summed E-state index contributed by atoms with van der Waals surface area (Å²) in [5.41, 5.74) is 0.435. The third-order valence-corrected chi connectivity index (χ3v) is 5.71. The minimum Gasteiger partial charge on any atom is -0.486 e. The molecular weight excluding hydrogens is 402 g/mol. The first-order valence-corrected chi connectivity index (χ1v) is 10.2. The SMILES string of the molecule is N#CC1C(=O)Nc2nc(NCC3CCCO3)[nH]c(=O)c2C1c1ccc2c(c1)OCCO2. The van der Waals surface area contributed by atoms with Gasteiger partial charge < -0.3 is 24.8 Å². The van der Waals surface area contributed by atoms with Gasteiger partial charge in [0.25, 0.3) is 5.56 Å². The molecule has 5 rings (SSSR count). The summed E-state index contributed by atoms with van der Waals surface area (Å²) in [5.74, 6) is -0.863. The summed E-state index contributed by atoms with van der Waals surface area (Å²) in [6.45, 7) is 2.08. The van der Waals surface area contributed by atoms with Crippen LogP contribution in [0.15, 0.2) is 23.0 Å². The molecule has 1 saturated heterocycles. The molecule has 0 aliphatic carbocycles. The molecule has 10 heteroatoms. The monoisotopic (exact) mass is 423 g/mol. The standard InChI is InChI=1S/C21H21N5O5/c22-9-13-16(11-3-4-14-15(8-11)31-7-6-30-14)17-18(24-19(13)27)25-21(26-20(17)28)23-10-12-2-1-5-29-12/h3-4,8,12-13,16H,1-2,5-7,10H2,(H3,23,24,25,26,27,28). The summed E-state index contributed by atoms with van der Waals surface area (Å²) in [7, 11) is 0. The van der Waals surface area contributed by atoms with E-state index in [9.17, 15) is 14.9 Å². The van der Waals surface area contributed by atoms with Gasteiger partial charge in [0, 0.05) is 19.1 Å². The number of carbonyl (C=O) groups is 1. The van der Waals surface area contributed by atoms with E-state index in [2.05, 4.69) is 20.6 Å². The fourth-order valence-corrected chi connectivity index (χ4v) is 4.22. The van der Waals surface area contributed by atoms with Crippen molar-refractivity contribution < 1.29 is 19.0 Å². The van der Waals surface area contributed by atoms with Crippen LogP contribution in [0, 0.1) is 17.2 Å². The Morgan fingerprint density at radius 1 is 1.19 bits per heavy atom. The van der Waals surface area contributed by atoms with Gasteiger partial charge in [-0.25, -0.2) is 0 Å². The van der Waals surface area contributed by atoms with E-state index in [1.54, 1.807) is 18.2 Å². The summed E-state index contributed by atoms with van der Waals surface area (Å²) in [6, 6.07) is 7.22. The highest BCUT2D eigenvalue weighted by Gasteiger charge is 2.40. The number of nitrogens with zero attached hydrogens (tertiary/aromatic N) is 2. The second kappa shape index (κ2) is 7.92. The number of rotatable bonds is 4. The average molecular weight is 423 g/mol. The van der Waals surface area contributed by atoms with Gasteiger partial charge in [-0.15, -0.1) is 0 Å². The van der Waals surface area contributed by atoms with Gasteiger partial charge in [0.15, 0.2) is 11.5 Å². The second-order valence-corrected chi connectivity index (χ2v) is 7.67. The van der Waals surface area contributed by atoms with Gasteiger partial charge in [-0.3, -0.25) is 14.6 Å². The Kier molecular flexibility index (Phi) is 4.95. The van der Waals surface area contributed by atoms with E-state index in [4.69, 9.17) is 14.2 Å². The molecule has 10 nitrogen and oxygen atoms in total. The van der Waals surface area contributed by atoms with E-state index in [0.29, 0.717) is 36.8 Å². The van der Waals surface area contributed by atoms with Gasteiger partial charge >= 0.3 is 0 Å². The van der Waals surface area contributed by atoms with Crippen molar-refractivity contribution in [2.45, 2.75) is 24.9 Å². The summed E-state index contributed by atoms with van der Waals surface area (Å²) in [6.07, 6.45) is 2.00. The lowest BCUT2D eigenvalue weighted by molar-refractivity contribution is -0.119. The fraction of sp³-hybridized carbons (Fsp3) is 0.429. The third-order valence-electron chi connectivity index (χ3n) is 5.71. The number of carbonyl (C=O) groups excluding carboxylic acids is 1. The van der Waals surface area contributed by atoms with Crippen molar-refractivity contribution in [3.8, 4) is 17.6 Å². The molecular formula is C21H21N5O5. The smallest absolute Gasteiger partial charge is 0.258 e. The summed E-state index contributed by atoms with van der Waals surface area (Å²) in [5, 5.41) is 15.4. The third kappa shape index (κ3) is 3.57. The van der Waals surface area contributed by atoms with E-state index in [1.165, 1.54) is 0 Å². The van der Waals surface area contributed by atoms with Crippen molar-refractivity contribution in [2.24, 2.45) is 5.92 Å². The maximum Gasteiger partial charge on any atom is 0.258 e. The van der Waals surface area contributed by atoms with Gasteiger partial charge in [-0.1, -0.05) is 6.07 Å². The van der Waals surface area contributed by atoms with Crippen molar-refractivity contribution in [1.82, 2.24) is 9.97 Å². The second-order valence-electron chi connectivity index (χ2n) is 7.67. The van der Waals surface area contributed by atoms with Crippen molar-refractivity contribution >= 4 is 17.7 Å². The minimum atomic E-state index is -1.08. The number of ether oxygens (including phenoxy) is 3. The van der Waals surface area contributed by atoms with Gasteiger partial charge in [0.05, 0.1) is 17.7 Å². The molecule has 4 heterocycles. The lowest BCUT2D eigenvalue weighted by atomic mass is 9.79. The van der Waals surface area contributed by atoms with Gasteiger partial charge in [-0.2, -0.15) is 10.2 Å². The normalized spacial score (nSPS) is 24.1. The first kappa shape index (κ1) is 19.4. The van der Waals surface area contributed by atoms with E-state index in [1.807, 2.05) is 6.07 Å². The molecule has 31 heavy (non-hydrogen) atoms. The molecule has 1 aromatic carbocycles. The van der Waals surface area contributed by atoms with Crippen LogP contribution < -0.4 is 25.7 Å². The van der Waals surface area contributed by atoms with Crippen LogP contribution in [0.25, 0.3) is 0 Å². The number of nitriles is 1. The van der Waals surface area contributed by atoms with Crippen molar-refractivity contribution in [2.75, 3.05) is 37.0 Å². The maximum atomic E-state index is 13.0. The zero-order valence-electron chi connectivity index (χ0n) is 16.6. The van der Waals surface area contributed by atoms with Crippen LogP contribution in [-0.4, -0.2) is 48.3 Å².